The molecule has 1 amide bonds. The lowest BCUT2D eigenvalue weighted by molar-refractivity contribution is -0.383. The first kappa shape index (κ1) is 21.6. The van der Waals surface area contributed by atoms with Gasteiger partial charge in [0.2, 0.25) is 0 Å². The lowest BCUT2D eigenvalue weighted by Gasteiger charge is -2.36. The van der Waals surface area contributed by atoms with E-state index in [-0.39, 0.29) is 22.6 Å². The number of carbonyl (C=O) groups is 1. The fourth-order valence-electron chi connectivity index (χ4n) is 4.02. The second-order valence-electron chi connectivity index (χ2n) is 7.76. The number of nitrogens with one attached hydrogen (secondary N) is 1. The van der Waals surface area contributed by atoms with Crippen LogP contribution in [0.25, 0.3) is 0 Å². The van der Waals surface area contributed by atoms with E-state index in [1.54, 1.807) is 12.1 Å². The molecule has 2 aromatic rings. The summed E-state index contributed by atoms with van der Waals surface area (Å²) in [5, 5.41) is 14.7. The second-order valence-corrected chi connectivity index (χ2v) is 8.68. The number of nitrogens with zero attached hydrogens (tertiary/aromatic N) is 3. The van der Waals surface area contributed by atoms with E-state index in [0.717, 1.165) is 29.6 Å². The zero-order valence-electron chi connectivity index (χ0n) is 17.1. The molecule has 1 N–H and O–H groups in total. The maximum absolute atomic E-state index is 12.8. The van der Waals surface area contributed by atoms with Crippen LogP contribution in [-0.2, 0) is 4.74 Å². The maximum atomic E-state index is 12.8. The van der Waals surface area contributed by atoms with Gasteiger partial charge in [0.25, 0.3) is 11.6 Å². The minimum absolute atomic E-state index is 0.0172. The van der Waals surface area contributed by atoms with Gasteiger partial charge in [-0.1, -0.05) is 22.0 Å². The van der Waals surface area contributed by atoms with Gasteiger partial charge in [0, 0.05) is 61.1 Å². The number of hydrogen-bond acceptors (Lipinski definition) is 6. The van der Waals surface area contributed by atoms with Crippen molar-refractivity contribution >= 4 is 38.9 Å². The molecule has 2 aromatic carbocycles. The van der Waals surface area contributed by atoms with Crippen molar-refractivity contribution in [2.24, 2.45) is 0 Å². The van der Waals surface area contributed by atoms with Crippen LogP contribution >= 0.6 is 15.9 Å². The summed E-state index contributed by atoms with van der Waals surface area (Å²) in [7, 11) is 0. The van der Waals surface area contributed by atoms with Crippen LogP contribution in [0, 0.1) is 10.1 Å². The maximum Gasteiger partial charge on any atom is 0.292 e. The van der Waals surface area contributed by atoms with Crippen molar-refractivity contribution in [3.05, 3.63) is 62.6 Å². The van der Waals surface area contributed by atoms with Crippen LogP contribution in [-0.4, -0.2) is 61.2 Å². The lowest BCUT2D eigenvalue weighted by atomic mass is 10.1. The third kappa shape index (κ3) is 5.16. The van der Waals surface area contributed by atoms with Crippen LogP contribution in [0.3, 0.4) is 0 Å². The number of nitro groups is 1. The Morgan fingerprint density at radius 2 is 2.00 bits per heavy atom. The number of rotatable bonds is 6. The molecule has 31 heavy (non-hydrogen) atoms. The van der Waals surface area contributed by atoms with E-state index in [1.807, 2.05) is 35.2 Å². The number of ether oxygens (including phenoxy) is 1. The molecule has 1 atom stereocenters. The van der Waals surface area contributed by atoms with Crippen LogP contribution in [0.4, 0.5) is 17.1 Å². The highest BCUT2D eigenvalue weighted by Crippen LogP contribution is 2.31. The van der Waals surface area contributed by atoms with Crippen molar-refractivity contribution in [3.8, 4) is 0 Å². The van der Waals surface area contributed by atoms with Gasteiger partial charge in [0.05, 0.1) is 11.0 Å². The summed E-state index contributed by atoms with van der Waals surface area (Å²) in [6, 6.07) is 12.6. The number of piperazine rings is 1. The zero-order valence-corrected chi connectivity index (χ0v) is 18.7. The van der Waals surface area contributed by atoms with Gasteiger partial charge in [0.1, 0.15) is 5.69 Å². The molecular formula is C22H25BrN4O4. The number of carbonyl (C=O) groups excluding carboxylic acids is 1. The first-order valence-corrected chi connectivity index (χ1v) is 11.2. The van der Waals surface area contributed by atoms with Gasteiger partial charge in [-0.05, 0) is 43.2 Å². The number of benzene rings is 2. The monoisotopic (exact) mass is 488 g/mol. The summed E-state index contributed by atoms with van der Waals surface area (Å²) in [6.07, 6.45) is 2.09. The van der Waals surface area contributed by atoms with Crippen molar-refractivity contribution in [1.82, 2.24) is 4.90 Å². The topological polar surface area (TPSA) is 88.0 Å². The van der Waals surface area contributed by atoms with E-state index in [2.05, 4.69) is 26.1 Å². The predicted octanol–water partition coefficient (Wildman–Crippen LogP) is 3.91. The summed E-state index contributed by atoms with van der Waals surface area (Å²) in [5.74, 6) is 0.0172. The summed E-state index contributed by atoms with van der Waals surface area (Å²) < 4.78 is 6.50. The highest BCUT2D eigenvalue weighted by molar-refractivity contribution is 9.10. The first-order chi connectivity index (χ1) is 15.0. The summed E-state index contributed by atoms with van der Waals surface area (Å²) in [5.41, 5.74) is 2.14. The second kappa shape index (κ2) is 9.65. The molecule has 2 aliphatic rings. The van der Waals surface area contributed by atoms with Gasteiger partial charge >= 0.3 is 0 Å². The number of halogens is 1. The molecule has 2 fully saturated rings. The molecule has 0 saturated carbocycles. The summed E-state index contributed by atoms with van der Waals surface area (Å²) >= 11 is 3.41. The Labute approximate surface area is 189 Å². The lowest BCUT2D eigenvalue weighted by Crippen LogP contribution is -2.48. The van der Waals surface area contributed by atoms with Crippen molar-refractivity contribution in [2.45, 2.75) is 18.9 Å². The van der Waals surface area contributed by atoms with Crippen LogP contribution in [0.1, 0.15) is 23.2 Å². The van der Waals surface area contributed by atoms with Crippen LogP contribution in [0.2, 0.25) is 0 Å². The van der Waals surface area contributed by atoms with Crippen molar-refractivity contribution < 1.29 is 14.5 Å². The smallest absolute Gasteiger partial charge is 0.292 e. The molecule has 164 valence electrons. The minimum atomic E-state index is -0.365. The van der Waals surface area contributed by atoms with Gasteiger partial charge in [-0.3, -0.25) is 14.9 Å². The number of hydrogen-bond donors (Lipinski definition) is 1. The Morgan fingerprint density at radius 1 is 1.19 bits per heavy atom. The third-order valence-electron chi connectivity index (χ3n) is 5.72. The molecule has 0 aromatic heterocycles. The Bertz CT molecular complexity index is 956. The van der Waals surface area contributed by atoms with E-state index >= 15 is 0 Å². The normalized spacial score (nSPS) is 18.8. The molecule has 0 unspecified atom stereocenters. The van der Waals surface area contributed by atoms with Crippen molar-refractivity contribution in [3.63, 3.8) is 0 Å². The molecular weight excluding hydrogens is 464 g/mol. The van der Waals surface area contributed by atoms with Gasteiger partial charge in [-0.2, -0.15) is 0 Å². The van der Waals surface area contributed by atoms with Gasteiger partial charge < -0.3 is 19.9 Å². The van der Waals surface area contributed by atoms with Crippen molar-refractivity contribution in [1.29, 1.82) is 0 Å². The fourth-order valence-corrected chi connectivity index (χ4v) is 4.42. The molecule has 4 rings (SSSR count). The number of amides is 1. The Kier molecular flexibility index (Phi) is 6.72. The molecule has 2 saturated heterocycles. The van der Waals surface area contributed by atoms with E-state index in [9.17, 15) is 14.9 Å². The Morgan fingerprint density at radius 3 is 2.68 bits per heavy atom. The van der Waals surface area contributed by atoms with Gasteiger partial charge in [-0.25, -0.2) is 0 Å². The standard InChI is InChI=1S/C22H25BrN4O4/c23-17-4-1-3-16(13-17)22(28)26-10-8-25(9-11-26)18-6-7-21(27(29)30)20(14-18)24-15-19-5-2-12-31-19/h1,3-4,6-7,13-14,19,24H,2,5,8-12,15H2/t19-/m0/s1. The van der Waals surface area contributed by atoms with E-state index in [0.29, 0.717) is 44.0 Å². The number of anilines is 2. The fraction of sp³-hybridized carbons (Fsp3) is 0.409. The molecule has 0 aliphatic carbocycles. The molecule has 0 spiro atoms. The van der Waals surface area contributed by atoms with Crippen LogP contribution in [0.5, 0.6) is 0 Å². The Hall–Kier alpha value is -2.65. The molecule has 0 radical (unpaired) electrons. The van der Waals surface area contributed by atoms with Crippen LogP contribution < -0.4 is 10.2 Å². The largest absolute Gasteiger partial charge is 0.377 e. The average molecular weight is 489 g/mol. The van der Waals surface area contributed by atoms with E-state index in [4.69, 9.17) is 4.74 Å². The highest BCUT2D eigenvalue weighted by Gasteiger charge is 2.24. The molecule has 9 heteroatoms. The van der Waals surface area contributed by atoms with Gasteiger partial charge in [-0.15, -0.1) is 0 Å². The van der Waals surface area contributed by atoms with Gasteiger partial charge in [0.15, 0.2) is 0 Å². The molecule has 2 heterocycles. The number of nitro benzene ring substituents is 1. The molecule has 2 aliphatic heterocycles. The van der Waals surface area contributed by atoms with E-state index in [1.165, 1.54) is 0 Å². The molecule has 8 nitrogen and oxygen atoms in total. The predicted molar refractivity (Wildman–Crippen MR) is 123 cm³/mol. The average Bonchev–Trinajstić information content (AvgIpc) is 3.31. The Balaban J connectivity index is 1.42. The SMILES string of the molecule is O=C(c1cccc(Br)c1)N1CCN(c2ccc([N+](=O)[O-])c(NC[C@@H]3CCCO3)c2)CC1. The van der Waals surface area contributed by atoms with Crippen molar-refractivity contribution in [2.75, 3.05) is 49.5 Å². The minimum Gasteiger partial charge on any atom is -0.377 e. The zero-order chi connectivity index (χ0) is 21.8. The van der Waals surface area contributed by atoms with E-state index < -0.39 is 0 Å². The highest BCUT2D eigenvalue weighted by atomic mass is 79.9. The quantitative estimate of drug-likeness (QED) is 0.489. The summed E-state index contributed by atoms with van der Waals surface area (Å²) in [4.78, 5) is 27.9. The third-order valence-corrected chi connectivity index (χ3v) is 6.22. The molecule has 0 bridgehead atoms. The first-order valence-electron chi connectivity index (χ1n) is 10.4. The summed E-state index contributed by atoms with van der Waals surface area (Å²) in [6.45, 7) is 3.84. The van der Waals surface area contributed by atoms with Crippen LogP contribution in [0.15, 0.2) is 46.9 Å².